The molecular weight excluding hydrogens is 406 g/mol. The summed E-state index contributed by atoms with van der Waals surface area (Å²) in [5, 5.41) is 2.70. The third kappa shape index (κ3) is 7.68. The van der Waals surface area contributed by atoms with Crippen LogP contribution in [0.3, 0.4) is 0 Å². The van der Waals surface area contributed by atoms with Gasteiger partial charge in [-0.1, -0.05) is 24.1 Å². The molecule has 8 heteroatoms. The van der Waals surface area contributed by atoms with Crippen LogP contribution in [0, 0.1) is 6.92 Å². The average Bonchev–Trinajstić information content (AvgIpc) is 2.70. The van der Waals surface area contributed by atoms with Crippen LogP contribution in [0.25, 0.3) is 0 Å². The zero-order valence-corrected chi connectivity index (χ0v) is 18.5. The number of amides is 1. The van der Waals surface area contributed by atoms with Gasteiger partial charge in [-0.05, 0) is 50.5 Å². The maximum Gasteiger partial charge on any atom is 0.296 e. The van der Waals surface area contributed by atoms with Gasteiger partial charge in [0.1, 0.15) is 0 Å². The van der Waals surface area contributed by atoms with E-state index < -0.39 is 10.1 Å². The highest BCUT2D eigenvalue weighted by Gasteiger charge is 2.14. The average molecular weight is 436 g/mol. The van der Waals surface area contributed by atoms with Crippen LogP contribution in [0.4, 0.5) is 5.69 Å². The van der Waals surface area contributed by atoms with Gasteiger partial charge in [0.25, 0.3) is 10.1 Å². The van der Waals surface area contributed by atoms with Crippen molar-refractivity contribution in [1.29, 1.82) is 0 Å². The van der Waals surface area contributed by atoms with E-state index in [0.29, 0.717) is 30.2 Å². The minimum absolute atomic E-state index is 0.152. The Bertz CT molecular complexity index is 925. The van der Waals surface area contributed by atoms with Crippen molar-refractivity contribution >= 4 is 21.7 Å². The normalized spacial score (nSPS) is 11.2. The quantitative estimate of drug-likeness (QED) is 0.395. The first-order valence-electron chi connectivity index (χ1n) is 9.86. The van der Waals surface area contributed by atoms with Gasteiger partial charge in [0, 0.05) is 18.7 Å². The molecule has 0 unspecified atom stereocenters. The number of carbonyl (C=O) groups is 1. The second kappa shape index (κ2) is 11.6. The van der Waals surface area contributed by atoms with Crippen molar-refractivity contribution in [1.82, 2.24) is 0 Å². The predicted octanol–water partition coefficient (Wildman–Crippen LogP) is 4.31. The number of rotatable bonds is 12. The third-order valence-corrected chi connectivity index (χ3v) is 5.65. The summed E-state index contributed by atoms with van der Waals surface area (Å²) in [7, 11) is -2.15. The fourth-order valence-corrected chi connectivity index (χ4v) is 3.69. The van der Waals surface area contributed by atoms with Gasteiger partial charge in [-0.2, -0.15) is 8.42 Å². The summed E-state index contributed by atoms with van der Waals surface area (Å²) in [4.78, 5) is 11.3. The minimum atomic E-state index is -3.69. The molecule has 7 nitrogen and oxygen atoms in total. The third-order valence-electron chi connectivity index (χ3n) is 4.33. The Hall–Kier alpha value is -2.58. The van der Waals surface area contributed by atoms with E-state index in [1.807, 2.05) is 6.92 Å². The highest BCUT2D eigenvalue weighted by atomic mass is 32.2. The van der Waals surface area contributed by atoms with E-state index in [-0.39, 0.29) is 17.4 Å². The Morgan fingerprint density at radius 1 is 0.933 bits per heavy atom. The Kier molecular flexibility index (Phi) is 9.14. The standard InChI is InChI=1S/C22H29NO6S/c1-17-8-11-20(12-9-17)30(25,26)29-15-7-5-4-6-14-28-21-13-10-19(23-18(2)24)16-22(21)27-3/h8-13,16H,4-7,14-15H2,1-3H3,(H,23,24). The molecule has 0 aromatic heterocycles. The van der Waals surface area contributed by atoms with Crippen LogP contribution in [0.1, 0.15) is 38.2 Å². The van der Waals surface area contributed by atoms with Gasteiger partial charge in [-0.15, -0.1) is 0 Å². The van der Waals surface area contributed by atoms with Crippen LogP contribution < -0.4 is 14.8 Å². The Morgan fingerprint density at radius 2 is 1.60 bits per heavy atom. The van der Waals surface area contributed by atoms with Gasteiger partial charge in [0.05, 0.1) is 25.2 Å². The Labute approximate surface area is 178 Å². The first-order chi connectivity index (χ1) is 14.3. The number of carbonyl (C=O) groups excluding carboxylic acids is 1. The van der Waals surface area contributed by atoms with Crippen molar-refractivity contribution in [2.24, 2.45) is 0 Å². The van der Waals surface area contributed by atoms with Crippen molar-refractivity contribution in [3.05, 3.63) is 48.0 Å². The number of aryl methyl sites for hydroxylation is 1. The van der Waals surface area contributed by atoms with Gasteiger partial charge < -0.3 is 14.8 Å². The van der Waals surface area contributed by atoms with Gasteiger partial charge in [-0.25, -0.2) is 0 Å². The lowest BCUT2D eigenvalue weighted by Gasteiger charge is -2.12. The summed E-state index contributed by atoms with van der Waals surface area (Å²) >= 11 is 0. The molecule has 0 aliphatic rings. The number of unbranched alkanes of at least 4 members (excludes halogenated alkanes) is 3. The van der Waals surface area contributed by atoms with Crippen LogP contribution in [0.2, 0.25) is 0 Å². The monoisotopic (exact) mass is 435 g/mol. The van der Waals surface area contributed by atoms with Crippen LogP contribution >= 0.6 is 0 Å². The van der Waals surface area contributed by atoms with Crippen molar-refractivity contribution in [3.63, 3.8) is 0 Å². The fourth-order valence-electron chi connectivity index (χ4n) is 2.75. The second-order valence-corrected chi connectivity index (χ2v) is 8.51. The number of benzene rings is 2. The smallest absolute Gasteiger partial charge is 0.296 e. The van der Waals surface area contributed by atoms with E-state index in [1.54, 1.807) is 49.6 Å². The van der Waals surface area contributed by atoms with Crippen LogP contribution in [-0.2, 0) is 19.1 Å². The molecule has 30 heavy (non-hydrogen) atoms. The largest absolute Gasteiger partial charge is 0.493 e. The Balaban J connectivity index is 1.65. The molecule has 0 heterocycles. The SMILES string of the molecule is COc1cc(NC(C)=O)ccc1OCCCCCCOS(=O)(=O)c1ccc(C)cc1. The van der Waals surface area contributed by atoms with Gasteiger partial charge >= 0.3 is 0 Å². The zero-order valence-electron chi connectivity index (χ0n) is 17.6. The molecule has 2 aromatic rings. The Morgan fingerprint density at radius 3 is 2.23 bits per heavy atom. The van der Waals surface area contributed by atoms with Gasteiger partial charge in [0.2, 0.25) is 5.91 Å². The zero-order chi connectivity index (χ0) is 22.0. The number of ether oxygens (including phenoxy) is 2. The maximum absolute atomic E-state index is 12.1. The summed E-state index contributed by atoms with van der Waals surface area (Å²) in [6, 6.07) is 11.8. The molecule has 164 valence electrons. The minimum Gasteiger partial charge on any atom is -0.493 e. The van der Waals surface area contributed by atoms with E-state index in [1.165, 1.54) is 6.92 Å². The lowest BCUT2D eigenvalue weighted by molar-refractivity contribution is -0.114. The van der Waals surface area contributed by atoms with Crippen molar-refractivity contribution in [2.45, 2.75) is 44.4 Å². The summed E-state index contributed by atoms with van der Waals surface area (Å²) < 4.78 is 40.4. The highest BCUT2D eigenvalue weighted by molar-refractivity contribution is 7.86. The molecule has 0 saturated carbocycles. The van der Waals surface area contributed by atoms with Crippen molar-refractivity contribution in [2.75, 3.05) is 25.6 Å². The lowest BCUT2D eigenvalue weighted by Crippen LogP contribution is -2.08. The molecule has 2 rings (SSSR count). The summed E-state index contributed by atoms with van der Waals surface area (Å²) in [5.41, 5.74) is 1.64. The molecule has 2 aromatic carbocycles. The molecule has 0 radical (unpaired) electrons. The topological polar surface area (TPSA) is 90.9 Å². The van der Waals surface area contributed by atoms with Gasteiger partial charge in [0.15, 0.2) is 11.5 Å². The molecular formula is C22H29NO6S. The summed E-state index contributed by atoms with van der Waals surface area (Å²) in [6.45, 7) is 4.02. The van der Waals surface area contributed by atoms with Gasteiger partial charge in [-0.3, -0.25) is 8.98 Å². The fraction of sp³-hybridized carbons (Fsp3) is 0.409. The molecule has 1 amide bonds. The number of hydrogen-bond donors (Lipinski definition) is 1. The number of nitrogens with one attached hydrogen (secondary N) is 1. The van der Waals surface area contributed by atoms with E-state index in [4.69, 9.17) is 13.7 Å². The molecule has 0 aliphatic carbocycles. The van der Waals surface area contributed by atoms with E-state index >= 15 is 0 Å². The maximum atomic E-state index is 12.1. The second-order valence-electron chi connectivity index (χ2n) is 6.90. The molecule has 0 bridgehead atoms. The summed E-state index contributed by atoms with van der Waals surface area (Å²) in [5.74, 6) is 1.01. The first kappa shape index (κ1) is 23.7. The molecule has 0 fully saturated rings. The molecule has 0 spiro atoms. The van der Waals surface area contributed by atoms with Crippen LogP contribution in [-0.4, -0.2) is 34.6 Å². The van der Waals surface area contributed by atoms with E-state index in [2.05, 4.69) is 5.32 Å². The molecule has 0 saturated heterocycles. The predicted molar refractivity (Wildman–Crippen MR) is 116 cm³/mol. The number of methoxy groups -OCH3 is 1. The first-order valence-corrected chi connectivity index (χ1v) is 11.3. The number of hydrogen-bond acceptors (Lipinski definition) is 6. The molecule has 0 aliphatic heterocycles. The van der Waals surface area contributed by atoms with Crippen LogP contribution in [0.5, 0.6) is 11.5 Å². The summed E-state index contributed by atoms with van der Waals surface area (Å²) in [6.07, 6.45) is 3.20. The van der Waals surface area contributed by atoms with Crippen LogP contribution in [0.15, 0.2) is 47.4 Å². The lowest BCUT2D eigenvalue weighted by atomic mass is 10.2. The van der Waals surface area contributed by atoms with E-state index in [0.717, 1.165) is 24.8 Å². The highest BCUT2D eigenvalue weighted by Crippen LogP contribution is 2.30. The number of anilines is 1. The van der Waals surface area contributed by atoms with Crippen molar-refractivity contribution in [3.8, 4) is 11.5 Å². The van der Waals surface area contributed by atoms with Crippen molar-refractivity contribution < 1.29 is 26.9 Å². The molecule has 0 atom stereocenters. The van der Waals surface area contributed by atoms with E-state index in [9.17, 15) is 13.2 Å². The molecule has 1 N–H and O–H groups in total.